The van der Waals surface area contributed by atoms with Crippen LogP contribution < -0.4 is 4.90 Å². The van der Waals surface area contributed by atoms with Gasteiger partial charge in [0.25, 0.3) is 0 Å². The second-order valence-electron chi connectivity index (χ2n) is 11.8. The number of anilines is 1. The maximum Gasteiger partial charge on any atom is 0.416 e. The van der Waals surface area contributed by atoms with E-state index in [1.807, 2.05) is 6.92 Å². The molecule has 1 aromatic carbocycles. The lowest BCUT2D eigenvalue weighted by molar-refractivity contribution is -0.145. The minimum Gasteiger partial charge on any atom is -0.466 e. The molecule has 2 atom stereocenters. The van der Waals surface area contributed by atoms with Crippen LogP contribution in [0.1, 0.15) is 87.8 Å². The molecule has 1 saturated heterocycles. The maximum atomic E-state index is 13.5. The van der Waals surface area contributed by atoms with Gasteiger partial charge in [-0.15, -0.1) is 0 Å². The fourth-order valence-electron chi connectivity index (χ4n) is 6.17. The number of aromatic nitrogens is 2. The predicted octanol–water partition coefficient (Wildman–Crippen LogP) is 8.33. The van der Waals surface area contributed by atoms with E-state index in [0.717, 1.165) is 32.1 Å². The van der Waals surface area contributed by atoms with Crippen LogP contribution in [0.15, 0.2) is 29.0 Å². The summed E-state index contributed by atoms with van der Waals surface area (Å²) in [6.07, 6.45) is -5.99. The molecule has 4 rings (SSSR count). The first kappa shape index (κ1) is 35.7. The Morgan fingerprint density at radius 2 is 1.65 bits per heavy atom. The Kier molecular flexibility index (Phi) is 11.5. The van der Waals surface area contributed by atoms with Crippen molar-refractivity contribution in [2.45, 2.75) is 90.3 Å². The summed E-state index contributed by atoms with van der Waals surface area (Å²) in [4.78, 5) is 37.5. The number of hydrogen-bond donors (Lipinski definition) is 0. The molecule has 15 heteroatoms. The Balaban J connectivity index is 1.54. The van der Waals surface area contributed by atoms with E-state index in [9.17, 15) is 35.9 Å². The lowest BCUT2D eigenvalue weighted by Gasteiger charge is -2.34. The molecule has 2 heterocycles. The van der Waals surface area contributed by atoms with Gasteiger partial charge in [0.1, 0.15) is 16.4 Å². The summed E-state index contributed by atoms with van der Waals surface area (Å²) in [7, 11) is 0. The van der Waals surface area contributed by atoms with E-state index in [1.54, 1.807) is 6.92 Å². The standard InChI is InChI=1S/C31H37BrF6N4O4/c1-4-10-41(16-20-8-6-19(7-9-20)11-26(43)45-5-2)28-24(40-25(32)15-39-28)17-42-18(3)27(46-29(42)44)21-12-22(30(33,34)35)14-23(13-21)31(36,37)38/h12-15,18-20,27H,4-11,16-17H2,1-3H3/t18-,19?,20?,27-/m0/s1. The van der Waals surface area contributed by atoms with Crippen LogP contribution in [0, 0.1) is 11.8 Å². The van der Waals surface area contributed by atoms with Gasteiger partial charge in [-0.05, 0) is 97.5 Å². The van der Waals surface area contributed by atoms with E-state index in [4.69, 9.17) is 9.47 Å². The Bertz CT molecular complexity index is 1350. The molecule has 1 aliphatic carbocycles. The van der Waals surface area contributed by atoms with Gasteiger partial charge < -0.3 is 14.4 Å². The first-order chi connectivity index (χ1) is 21.6. The van der Waals surface area contributed by atoms with Crippen LogP contribution in [-0.2, 0) is 33.2 Å². The summed E-state index contributed by atoms with van der Waals surface area (Å²) in [5.41, 5.74) is -2.96. The molecule has 46 heavy (non-hydrogen) atoms. The monoisotopic (exact) mass is 722 g/mol. The Labute approximate surface area is 272 Å². The number of alkyl halides is 6. The number of esters is 1. The minimum absolute atomic E-state index is 0.0429. The lowest BCUT2D eigenvalue weighted by atomic mass is 9.80. The number of hydrogen-bond acceptors (Lipinski definition) is 7. The second kappa shape index (κ2) is 14.8. The number of cyclic esters (lactones) is 1. The third-order valence-electron chi connectivity index (χ3n) is 8.44. The number of carbonyl (C=O) groups excluding carboxylic acids is 2. The van der Waals surface area contributed by atoms with E-state index < -0.39 is 47.3 Å². The van der Waals surface area contributed by atoms with Crippen molar-refractivity contribution in [2.24, 2.45) is 11.8 Å². The molecule has 0 N–H and O–H groups in total. The molecule has 8 nitrogen and oxygen atoms in total. The van der Waals surface area contributed by atoms with Crippen molar-refractivity contribution in [1.82, 2.24) is 14.9 Å². The predicted molar refractivity (Wildman–Crippen MR) is 160 cm³/mol. The SMILES string of the molecule is CCCN(CC1CCC(CC(=O)OCC)CC1)c1ncc(Br)nc1CN1C(=O)O[C@H](c2cc(C(F)(F)F)cc(C(F)(F)F)c2)[C@@H]1C. The largest absolute Gasteiger partial charge is 0.466 e. The minimum atomic E-state index is -5.04. The van der Waals surface area contributed by atoms with Crippen LogP contribution in [0.5, 0.6) is 0 Å². The van der Waals surface area contributed by atoms with Gasteiger partial charge in [0.2, 0.25) is 0 Å². The van der Waals surface area contributed by atoms with Gasteiger partial charge in [-0.1, -0.05) is 6.92 Å². The number of nitrogens with zero attached hydrogens (tertiary/aromatic N) is 4. The summed E-state index contributed by atoms with van der Waals surface area (Å²) in [5, 5.41) is 0. The average molecular weight is 724 g/mol. The van der Waals surface area contributed by atoms with E-state index in [1.165, 1.54) is 18.0 Å². The van der Waals surface area contributed by atoms with Crippen LogP contribution in [0.3, 0.4) is 0 Å². The smallest absolute Gasteiger partial charge is 0.416 e. The number of halogens is 7. The molecule has 0 bridgehead atoms. The van der Waals surface area contributed by atoms with Crippen LogP contribution in [0.4, 0.5) is 37.0 Å². The Morgan fingerprint density at radius 1 is 1.04 bits per heavy atom. The fourth-order valence-corrected chi connectivity index (χ4v) is 6.49. The molecule has 2 aliphatic rings. The van der Waals surface area contributed by atoms with Gasteiger partial charge in [-0.3, -0.25) is 9.69 Å². The zero-order valence-electron chi connectivity index (χ0n) is 25.8. The summed E-state index contributed by atoms with van der Waals surface area (Å²) < 4.78 is 92.0. The summed E-state index contributed by atoms with van der Waals surface area (Å²) in [5.74, 6) is 0.948. The van der Waals surface area contributed by atoms with E-state index in [2.05, 4.69) is 30.8 Å². The molecule has 2 fully saturated rings. The van der Waals surface area contributed by atoms with E-state index >= 15 is 0 Å². The molecule has 0 spiro atoms. The molecule has 1 amide bonds. The van der Waals surface area contributed by atoms with Crippen LogP contribution >= 0.6 is 15.9 Å². The zero-order valence-corrected chi connectivity index (χ0v) is 27.3. The number of rotatable bonds is 11. The van der Waals surface area contributed by atoms with E-state index in [0.29, 0.717) is 60.3 Å². The van der Waals surface area contributed by atoms with Crippen molar-refractivity contribution >= 4 is 33.8 Å². The van der Waals surface area contributed by atoms with Gasteiger partial charge >= 0.3 is 24.4 Å². The number of carbonyl (C=O) groups is 2. The van der Waals surface area contributed by atoms with Crippen molar-refractivity contribution in [1.29, 1.82) is 0 Å². The van der Waals surface area contributed by atoms with E-state index in [-0.39, 0.29) is 24.5 Å². The van der Waals surface area contributed by atoms with Gasteiger partial charge in [0, 0.05) is 19.5 Å². The normalized spacial score (nSPS) is 22.1. The average Bonchev–Trinajstić information content (AvgIpc) is 3.25. The second-order valence-corrected chi connectivity index (χ2v) is 12.6. The molecule has 1 saturated carbocycles. The number of ether oxygens (including phenoxy) is 2. The van der Waals surface area contributed by atoms with Gasteiger partial charge in [0.15, 0.2) is 5.82 Å². The molecular formula is C31H37BrF6N4O4. The van der Waals surface area contributed by atoms with Crippen molar-refractivity contribution in [3.63, 3.8) is 0 Å². The summed E-state index contributed by atoms with van der Waals surface area (Å²) >= 11 is 3.32. The lowest BCUT2D eigenvalue weighted by Crippen LogP contribution is -2.36. The molecule has 0 radical (unpaired) electrons. The van der Waals surface area contributed by atoms with Gasteiger partial charge in [-0.25, -0.2) is 14.8 Å². The highest BCUT2D eigenvalue weighted by atomic mass is 79.9. The summed E-state index contributed by atoms with van der Waals surface area (Å²) in [6.45, 7) is 6.84. The van der Waals surface area contributed by atoms with Crippen LogP contribution in [-0.4, -0.2) is 52.7 Å². The number of amides is 1. The highest BCUT2D eigenvalue weighted by molar-refractivity contribution is 9.10. The third-order valence-corrected chi connectivity index (χ3v) is 8.82. The fraction of sp³-hybridized carbons (Fsp3) is 0.613. The molecule has 2 aromatic rings. The summed E-state index contributed by atoms with van der Waals surface area (Å²) in [6, 6.07) is 0.297. The molecule has 1 aliphatic heterocycles. The third kappa shape index (κ3) is 8.82. The number of benzene rings is 1. The molecular weight excluding hydrogens is 686 g/mol. The van der Waals surface area contributed by atoms with Crippen molar-refractivity contribution in [3.05, 3.63) is 51.4 Å². The van der Waals surface area contributed by atoms with Crippen molar-refractivity contribution in [3.8, 4) is 0 Å². The van der Waals surface area contributed by atoms with Crippen LogP contribution in [0.2, 0.25) is 0 Å². The topological polar surface area (TPSA) is 84.9 Å². The van der Waals surface area contributed by atoms with Crippen molar-refractivity contribution < 1.29 is 45.4 Å². The highest BCUT2D eigenvalue weighted by Gasteiger charge is 2.44. The first-order valence-corrected chi connectivity index (χ1v) is 16.1. The Hall–Kier alpha value is -3.10. The van der Waals surface area contributed by atoms with Crippen LogP contribution in [0.25, 0.3) is 0 Å². The Morgan fingerprint density at radius 3 is 2.22 bits per heavy atom. The highest BCUT2D eigenvalue weighted by Crippen LogP contribution is 2.41. The molecule has 1 aromatic heterocycles. The zero-order chi connectivity index (χ0) is 33.8. The first-order valence-electron chi connectivity index (χ1n) is 15.3. The quantitative estimate of drug-likeness (QED) is 0.170. The van der Waals surface area contributed by atoms with Gasteiger partial charge in [-0.2, -0.15) is 26.3 Å². The maximum absolute atomic E-state index is 13.5. The van der Waals surface area contributed by atoms with Crippen molar-refractivity contribution in [2.75, 3.05) is 24.6 Å². The molecule has 254 valence electrons. The van der Waals surface area contributed by atoms with Gasteiger partial charge in [0.05, 0.1) is 36.5 Å². The molecule has 0 unspecified atom stereocenters.